The van der Waals surface area contributed by atoms with Crippen LogP contribution in [0.25, 0.3) is 0 Å². The summed E-state index contributed by atoms with van der Waals surface area (Å²) >= 11 is 0. The summed E-state index contributed by atoms with van der Waals surface area (Å²) < 4.78 is 42.2. The molecule has 0 aromatic heterocycles. The van der Waals surface area contributed by atoms with Crippen LogP contribution in [0.5, 0.6) is 0 Å². The van der Waals surface area contributed by atoms with Crippen LogP contribution < -0.4 is 15.5 Å². The molecule has 0 atom stereocenters. The molecule has 2 N–H and O–H groups in total. The van der Waals surface area contributed by atoms with E-state index in [0.717, 1.165) is 31.5 Å². The number of unbranched alkanes of at least 4 members (excludes halogenated alkanes) is 1. The number of halogens is 3. The number of rotatable bonds is 11. The van der Waals surface area contributed by atoms with Crippen LogP contribution in [0.3, 0.4) is 0 Å². The molecule has 212 valence electrons. The van der Waals surface area contributed by atoms with Gasteiger partial charge in [-0.1, -0.05) is 57.6 Å². The first-order valence-electron chi connectivity index (χ1n) is 13.9. The third-order valence-electron chi connectivity index (χ3n) is 6.26. The number of carbonyl (C=O) groups is 1. The molecule has 1 amide bonds. The minimum Gasteiger partial charge on any atom is -0.369 e. The zero-order chi connectivity index (χ0) is 28.6. The Labute approximate surface area is 231 Å². The summed E-state index contributed by atoms with van der Waals surface area (Å²) in [5.41, 5.74) is 2.43. The maximum Gasteiger partial charge on any atom is 0.265 e. The number of piperazine rings is 1. The summed E-state index contributed by atoms with van der Waals surface area (Å²) in [6, 6.07) is 8.82. The maximum atomic E-state index is 14.6. The van der Waals surface area contributed by atoms with Gasteiger partial charge in [-0.05, 0) is 73.7 Å². The van der Waals surface area contributed by atoms with Crippen molar-refractivity contribution in [1.82, 2.24) is 5.32 Å². The van der Waals surface area contributed by atoms with Gasteiger partial charge in [-0.15, -0.1) is 0 Å². The molecule has 1 aliphatic rings. The van der Waals surface area contributed by atoms with Gasteiger partial charge < -0.3 is 15.5 Å². The number of benzene rings is 2. The van der Waals surface area contributed by atoms with Gasteiger partial charge in [0.25, 0.3) is 12.3 Å². The number of allylic oxidation sites excluding steroid dienone is 6. The fraction of sp³-hybridized carbons (Fsp3) is 0.406. The highest BCUT2D eigenvalue weighted by atomic mass is 19.3. The summed E-state index contributed by atoms with van der Waals surface area (Å²) in [6.07, 6.45) is 10.5. The molecule has 1 saturated heterocycles. The maximum absolute atomic E-state index is 14.6. The minimum atomic E-state index is -2.67. The van der Waals surface area contributed by atoms with Gasteiger partial charge in [0.15, 0.2) is 0 Å². The van der Waals surface area contributed by atoms with Crippen molar-refractivity contribution in [3.63, 3.8) is 0 Å². The molecule has 1 aliphatic heterocycles. The second-order valence-corrected chi connectivity index (χ2v) is 9.03. The summed E-state index contributed by atoms with van der Waals surface area (Å²) in [5.74, 6) is -0.844. The number of nitrogens with zero attached hydrogens (tertiary/aromatic N) is 1. The Morgan fingerprint density at radius 2 is 1.87 bits per heavy atom. The number of nitrogens with one attached hydrogen (secondary N) is 2. The first-order chi connectivity index (χ1) is 18.9. The summed E-state index contributed by atoms with van der Waals surface area (Å²) in [7, 11) is 0. The van der Waals surface area contributed by atoms with E-state index in [2.05, 4.69) is 29.7 Å². The van der Waals surface area contributed by atoms with Crippen LogP contribution >= 0.6 is 0 Å². The first-order valence-corrected chi connectivity index (χ1v) is 13.9. The van der Waals surface area contributed by atoms with Crippen molar-refractivity contribution >= 4 is 17.3 Å². The summed E-state index contributed by atoms with van der Waals surface area (Å²) in [4.78, 5) is 14.9. The summed E-state index contributed by atoms with van der Waals surface area (Å²) in [6.45, 7) is 10.8. The SMILES string of the molecule is CC.C\C=C/C=C(\C=C\CCC)CCc1cc(C(=O)Nc2ccc(N3CCNCC3)c(C(F)F)c2)ccc1F. The molecule has 2 aromatic rings. The monoisotopic (exact) mass is 541 g/mol. The molecule has 0 saturated carbocycles. The lowest BCUT2D eigenvalue weighted by atomic mass is 10.0. The predicted octanol–water partition coefficient (Wildman–Crippen LogP) is 8.24. The van der Waals surface area contributed by atoms with Crippen LogP contribution in [0.1, 0.15) is 74.9 Å². The Morgan fingerprint density at radius 1 is 1.13 bits per heavy atom. The highest BCUT2D eigenvalue weighted by Gasteiger charge is 2.21. The molecule has 0 aliphatic carbocycles. The van der Waals surface area contributed by atoms with Crippen LogP contribution in [0.15, 0.2) is 72.4 Å². The standard InChI is InChI=1S/C30H36F3N3O.C2H6/c1-3-5-7-9-22(8-6-4-2)10-11-23-20-24(12-14-27(23)31)30(37)35-25-13-15-28(26(21-25)29(32)33)36-18-16-34-17-19-36;1-2/h4,6-9,12-15,20-21,29,34H,3,5,10-11,16-19H2,1-2H3,(H,35,37);1-2H3/b6-4-,9-7+,22-8+;. The van der Waals surface area contributed by atoms with E-state index in [-0.39, 0.29) is 22.6 Å². The smallest absolute Gasteiger partial charge is 0.265 e. The van der Waals surface area contributed by atoms with Gasteiger partial charge in [-0.3, -0.25) is 4.79 Å². The molecule has 7 heteroatoms. The lowest BCUT2D eigenvalue weighted by Gasteiger charge is -2.31. The van der Waals surface area contributed by atoms with Crippen molar-refractivity contribution in [2.45, 2.75) is 59.8 Å². The highest BCUT2D eigenvalue weighted by Crippen LogP contribution is 2.33. The van der Waals surface area contributed by atoms with Crippen LogP contribution in [0.4, 0.5) is 24.5 Å². The first kappa shape index (κ1) is 31.9. The molecular weight excluding hydrogens is 499 g/mol. The predicted molar refractivity (Wildman–Crippen MR) is 157 cm³/mol. The number of aryl methyl sites for hydroxylation is 1. The molecule has 2 aromatic carbocycles. The van der Waals surface area contributed by atoms with Gasteiger partial charge in [0, 0.05) is 48.7 Å². The Balaban J connectivity index is 0.00000260. The molecule has 3 rings (SSSR count). The van der Waals surface area contributed by atoms with E-state index in [1.165, 1.54) is 24.3 Å². The Kier molecular flexibility index (Phi) is 14.2. The van der Waals surface area contributed by atoms with E-state index >= 15 is 0 Å². The van der Waals surface area contributed by atoms with Crippen molar-refractivity contribution in [3.05, 3.63) is 94.9 Å². The third kappa shape index (κ3) is 10.1. The van der Waals surface area contributed by atoms with Crippen molar-refractivity contribution in [2.75, 3.05) is 36.4 Å². The Bertz CT molecular complexity index is 1140. The fourth-order valence-corrected chi connectivity index (χ4v) is 4.23. The number of carbonyl (C=O) groups excluding carboxylic acids is 1. The van der Waals surface area contributed by atoms with Crippen molar-refractivity contribution in [1.29, 1.82) is 0 Å². The average molecular weight is 542 g/mol. The number of amides is 1. The number of hydrogen-bond donors (Lipinski definition) is 2. The van der Waals surface area contributed by atoms with Crippen LogP contribution in [-0.2, 0) is 6.42 Å². The fourth-order valence-electron chi connectivity index (χ4n) is 4.23. The molecule has 0 spiro atoms. The van der Waals surface area contributed by atoms with Crippen molar-refractivity contribution in [3.8, 4) is 0 Å². The van der Waals surface area contributed by atoms with Crippen LogP contribution in [0.2, 0.25) is 0 Å². The minimum absolute atomic E-state index is 0.115. The van der Waals surface area contributed by atoms with Gasteiger partial charge in [0.2, 0.25) is 0 Å². The van der Waals surface area contributed by atoms with Gasteiger partial charge in [0.05, 0.1) is 0 Å². The molecule has 39 heavy (non-hydrogen) atoms. The third-order valence-corrected chi connectivity index (χ3v) is 6.26. The lowest BCUT2D eigenvalue weighted by molar-refractivity contribution is 0.102. The highest BCUT2D eigenvalue weighted by molar-refractivity contribution is 6.04. The van der Waals surface area contributed by atoms with E-state index < -0.39 is 12.3 Å². The van der Waals surface area contributed by atoms with Crippen LogP contribution in [0, 0.1) is 5.82 Å². The second kappa shape index (κ2) is 17.3. The second-order valence-electron chi connectivity index (χ2n) is 9.03. The molecule has 1 heterocycles. The topological polar surface area (TPSA) is 44.4 Å². The molecule has 0 unspecified atom stereocenters. The molecular formula is C32H42F3N3O. The zero-order valence-electron chi connectivity index (χ0n) is 23.6. The number of alkyl halides is 2. The molecule has 1 fully saturated rings. The van der Waals surface area contributed by atoms with Crippen LogP contribution in [-0.4, -0.2) is 32.1 Å². The quantitative estimate of drug-likeness (QED) is 0.282. The largest absolute Gasteiger partial charge is 0.369 e. The van der Waals surface area contributed by atoms with Crippen molar-refractivity contribution in [2.24, 2.45) is 0 Å². The van der Waals surface area contributed by atoms with E-state index in [0.29, 0.717) is 37.2 Å². The number of hydrogen-bond acceptors (Lipinski definition) is 3. The average Bonchev–Trinajstić information content (AvgIpc) is 2.96. The van der Waals surface area contributed by atoms with E-state index in [9.17, 15) is 18.0 Å². The molecule has 4 nitrogen and oxygen atoms in total. The van der Waals surface area contributed by atoms with E-state index in [1.54, 1.807) is 12.1 Å². The van der Waals surface area contributed by atoms with Gasteiger partial charge in [-0.25, -0.2) is 13.2 Å². The molecule has 0 bridgehead atoms. The van der Waals surface area contributed by atoms with Gasteiger partial charge in [-0.2, -0.15) is 0 Å². The van der Waals surface area contributed by atoms with E-state index in [4.69, 9.17) is 0 Å². The summed E-state index contributed by atoms with van der Waals surface area (Å²) in [5, 5.41) is 5.91. The Morgan fingerprint density at radius 3 is 2.54 bits per heavy atom. The lowest BCUT2D eigenvalue weighted by Crippen LogP contribution is -2.43. The zero-order valence-corrected chi connectivity index (χ0v) is 23.6. The van der Waals surface area contributed by atoms with Gasteiger partial charge >= 0.3 is 0 Å². The Hall–Kier alpha value is -3.32. The van der Waals surface area contributed by atoms with Crippen molar-refractivity contribution < 1.29 is 18.0 Å². The van der Waals surface area contributed by atoms with Gasteiger partial charge in [0.1, 0.15) is 5.82 Å². The normalized spacial score (nSPS) is 14.2. The van der Waals surface area contributed by atoms with E-state index in [1.807, 2.05) is 43.9 Å². The number of anilines is 2. The molecule has 0 radical (unpaired) electrons.